The average molecular weight is 383 g/mol. The van der Waals surface area contributed by atoms with Gasteiger partial charge < -0.3 is 10.1 Å². The lowest BCUT2D eigenvalue weighted by molar-refractivity contribution is -0.119. The van der Waals surface area contributed by atoms with E-state index in [0.717, 1.165) is 10.6 Å². The lowest BCUT2D eigenvalue weighted by Crippen LogP contribution is -2.40. The van der Waals surface area contributed by atoms with Crippen LogP contribution in [0.4, 0.5) is 5.69 Å². The van der Waals surface area contributed by atoms with Crippen LogP contribution in [-0.2, 0) is 19.6 Å². The molecule has 1 rings (SSSR count). The number of hydrogen-bond donors (Lipinski definition) is 1. The predicted octanol–water partition coefficient (Wildman–Crippen LogP) is 2.30. The molecule has 0 spiro atoms. The highest BCUT2D eigenvalue weighted by Gasteiger charge is 2.21. The second kappa shape index (κ2) is 9.32. The number of nitrogens with one attached hydrogen (secondary N) is 1. The quantitative estimate of drug-likeness (QED) is 0.664. The summed E-state index contributed by atoms with van der Waals surface area (Å²) in [5.74, 6) is -0.405. The van der Waals surface area contributed by atoms with Crippen LogP contribution in [0.1, 0.15) is 13.3 Å². The third-order valence-electron chi connectivity index (χ3n) is 2.87. The van der Waals surface area contributed by atoms with E-state index in [0.29, 0.717) is 31.2 Å². The Morgan fingerprint density at radius 1 is 1.30 bits per heavy atom. The smallest absolute Gasteiger partial charge is 0.240 e. The van der Waals surface area contributed by atoms with Crippen molar-refractivity contribution in [3.8, 4) is 0 Å². The van der Waals surface area contributed by atoms with Gasteiger partial charge in [-0.15, -0.1) is 0 Å². The maximum absolute atomic E-state index is 11.9. The monoisotopic (exact) mass is 382 g/mol. The molecule has 0 atom stereocenters. The highest BCUT2D eigenvalue weighted by molar-refractivity contribution is 7.92. The maximum Gasteiger partial charge on any atom is 0.240 e. The number of amides is 1. The summed E-state index contributed by atoms with van der Waals surface area (Å²) < 4.78 is 30.0. The minimum Gasteiger partial charge on any atom is -0.382 e. The second-order valence-corrected chi connectivity index (χ2v) is 7.49. The summed E-state index contributed by atoms with van der Waals surface area (Å²) in [6, 6.07) is 4.39. The predicted molar refractivity (Wildman–Crippen MR) is 92.8 cm³/mol. The van der Waals surface area contributed by atoms with Crippen molar-refractivity contribution in [1.82, 2.24) is 5.32 Å². The zero-order chi connectivity index (χ0) is 17.5. The van der Waals surface area contributed by atoms with Crippen LogP contribution in [-0.4, -0.2) is 46.9 Å². The number of carbonyl (C=O) groups excluding carboxylic acids is 1. The van der Waals surface area contributed by atoms with Gasteiger partial charge in [0.2, 0.25) is 15.9 Å². The minimum atomic E-state index is -3.64. The van der Waals surface area contributed by atoms with Gasteiger partial charge in [0.25, 0.3) is 0 Å². The van der Waals surface area contributed by atoms with Gasteiger partial charge in [-0.2, -0.15) is 0 Å². The highest BCUT2D eigenvalue weighted by Crippen LogP contribution is 2.28. The number of benzene rings is 1. The summed E-state index contributed by atoms with van der Waals surface area (Å²) in [4.78, 5) is 11.9. The topological polar surface area (TPSA) is 75.7 Å². The third kappa shape index (κ3) is 6.95. The van der Waals surface area contributed by atoms with Gasteiger partial charge in [0, 0.05) is 19.8 Å². The molecular weight excluding hydrogens is 363 g/mol. The number of hydrogen-bond acceptors (Lipinski definition) is 4. The van der Waals surface area contributed by atoms with Crippen LogP contribution in [0.15, 0.2) is 18.2 Å². The van der Waals surface area contributed by atoms with Crippen molar-refractivity contribution < 1.29 is 17.9 Å². The first-order valence-corrected chi connectivity index (χ1v) is 9.63. The van der Waals surface area contributed by atoms with Crippen molar-refractivity contribution in [2.24, 2.45) is 0 Å². The maximum atomic E-state index is 11.9. The van der Waals surface area contributed by atoms with E-state index in [-0.39, 0.29) is 17.3 Å². The Labute approximate surface area is 146 Å². The number of sulfonamides is 1. The molecule has 0 saturated heterocycles. The number of halogens is 2. The Bertz CT molecular complexity index is 638. The van der Waals surface area contributed by atoms with E-state index in [1.54, 1.807) is 0 Å². The first kappa shape index (κ1) is 20.0. The summed E-state index contributed by atoms with van der Waals surface area (Å²) in [5.41, 5.74) is 0.284. The van der Waals surface area contributed by atoms with Crippen molar-refractivity contribution in [3.05, 3.63) is 28.2 Å². The van der Waals surface area contributed by atoms with Crippen LogP contribution < -0.4 is 9.62 Å². The molecule has 0 radical (unpaired) electrons. The Kier molecular flexibility index (Phi) is 8.11. The van der Waals surface area contributed by atoms with Crippen LogP contribution in [0.3, 0.4) is 0 Å². The molecule has 0 bridgehead atoms. The molecule has 1 amide bonds. The Morgan fingerprint density at radius 2 is 2.00 bits per heavy atom. The molecule has 0 aliphatic carbocycles. The van der Waals surface area contributed by atoms with E-state index >= 15 is 0 Å². The normalized spacial score (nSPS) is 11.3. The molecule has 0 heterocycles. The van der Waals surface area contributed by atoms with Gasteiger partial charge >= 0.3 is 0 Å². The van der Waals surface area contributed by atoms with E-state index in [1.165, 1.54) is 18.2 Å². The van der Waals surface area contributed by atoms with Crippen LogP contribution in [0, 0.1) is 0 Å². The number of rotatable bonds is 9. The molecule has 1 aromatic carbocycles. The number of anilines is 1. The molecule has 0 unspecified atom stereocenters. The zero-order valence-electron chi connectivity index (χ0n) is 13.0. The van der Waals surface area contributed by atoms with Crippen molar-refractivity contribution >= 4 is 44.8 Å². The van der Waals surface area contributed by atoms with Crippen molar-refractivity contribution in [3.63, 3.8) is 0 Å². The van der Waals surface area contributed by atoms with Gasteiger partial charge in [-0.05, 0) is 31.5 Å². The largest absolute Gasteiger partial charge is 0.382 e. The molecule has 6 nitrogen and oxygen atoms in total. The van der Waals surface area contributed by atoms with Crippen LogP contribution in [0.25, 0.3) is 0 Å². The molecule has 130 valence electrons. The first-order valence-electron chi connectivity index (χ1n) is 7.03. The molecule has 0 fully saturated rings. The molecule has 23 heavy (non-hydrogen) atoms. The number of ether oxygens (including phenoxy) is 1. The van der Waals surface area contributed by atoms with Crippen molar-refractivity contribution in [2.75, 3.05) is 36.9 Å². The summed E-state index contributed by atoms with van der Waals surface area (Å²) in [6.45, 7) is 3.13. The Hall–Kier alpha value is -1.02. The van der Waals surface area contributed by atoms with Crippen LogP contribution >= 0.6 is 23.2 Å². The summed E-state index contributed by atoms with van der Waals surface area (Å²) in [7, 11) is -3.64. The first-order chi connectivity index (χ1) is 10.8. The molecule has 1 aromatic rings. The molecular formula is C14H20Cl2N2O4S. The molecule has 0 aromatic heterocycles. The van der Waals surface area contributed by atoms with Gasteiger partial charge in [0.1, 0.15) is 6.54 Å². The van der Waals surface area contributed by atoms with Crippen molar-refractivity contribution in [1.29, 1.82) is 0 Å². The standard InChI is InChI=1S/C14H20Cl2N2O4S/c1-3-22-8-4-7-17-14(19)10-18(23(2,20)21)11-5-6-12(15)13(16)9-11/h5-6,9H,3-4,7-8,10H2,1-2H3,(H,17,19). The zero-order valence-corrected chi connectivity index (χ0v) is 15.3. The molecule has 9 heteroatoms. The van der Waals surface area contributed by atoms with Gasteiger partial charge in [-0.3, -0.25) is 9.10 Å². The van der Waals surface area contributed by atoms with Gasteiger partial charge in [-0.25, -0.2) is 8.42 Å². The lowest BCUT2D eigenvalue weighted by Gasteiger charge is -2.22. The van der Waals surface area contributed by atoms with E-state index in [4.69, 9.17) is 27.9 Å². The lowest BCUT2D eigenvalue weighted by atomic mass is 10.3. The fraction of sp³-hybridized carbons (Fsp3) is 0.500. The summed E-state index contributed by atoms with van der Waals surface area (Å²) in [6.07, 6.45) is 1.68. The van der Waals surface area contributed by atoms with Crippen molar-refractivity contribution in [2.45, 2.75) is 13.3 Å². The van der Waals surface area contributed by atoms with Gasteiger partial charge in [-0.1, -0.05) is 23.2 Å². The van der Waals surface area contributed by atoms with Gasteiger partial charge in [0.05, 0.1) is 22.0 Å². The Balaban J connectivity index is 2.73. The molecule has 0 aliphatic heterocycles. The fourth-order valence-corrected chi connectivity index (χ4v) is 2.91. The fourth-order valence-electron chi connectivity index (χ4n) is 1.77. The molecule has 0 saturated carbocycles. The highest BCUT2D eigenvalue weighted by atomic mass is 35.5. The SMILES string of the molecule is CCOCCCNC(=O)CN(c1ccc(Cl)c(Cl)c1)S(C)(=O)=O. The van der Waals surface area contributed by atoms with E-state index in [9.17, 15) is 13.2 Å². The van der Waals surface area contributed by atoms with E-state index < -0.39 is 15.9 Å². The van der Waals surface area contributed by atoms with E-state index in [1.807, 2.05) is 6.92 Å². The van der Waals surface area contributed by atoms with E-state index in [2.05, 4.69) is 5.32 Å². The number of nitrogens with zero attached hydrogens (tertiary/aromatic N) is 1. The minimum absolute atomic E-state index is 0.218. The summed E-state index contributed by atoms with van der Waals surface area (Å²) >= 11 is 11.7. The molecule has 0 aliphatic rings. The Morgan fingerprint density at radius 3 is 2.57 bits per heavy atom. The van der Waals surface area contributed by atoms with Crippen LogP contribution in [0.2, 0.25) is 10.0 Å². The average Bonchev–Trinajstić information content (AvgIpc) is 2.46. The number of carbonyl (C=O) groups is 1. The third-order valence-corrected chi connectivity index (χ3v) is 4.75. The molecule has 1 N–H and O–H groups in total. The van der Waals surface area contributed by atoms with Gasteiger partial charge in [0.15, 0.2) is 0 Å². The summed E-state index contributed by atoms with van der Waals surface area (Å²) in [5, 5.41) is 3.18. The second-order valence-electron chi connectivity index (χ2n) is 4.77. The van der Waals surface area contributed by atoms with Crippen LogP contribution in [0.5, 0.6) is 0 Å².